The summed E-state index contributed by atoms with van der Waals surface area (Å²) < 4.78 is 41.5. The normalized spacial score (nSPS) is 19.9. The lowest BCUT2D eigenvalue weighted by molar-refractivity contribution is -0.152. The topological polar surface area (TPSA) is 79.9 Å². The molecule has 1 fully saturated rings. The van der Waals surface area contributed by atoms with Crippen molar-refractivity contribution in [2.75, 3.05) is 6.61 Å². The van der Waals surface area contributed by atoms with E-state index in [1.54, 1.807) is 19.1 Å². The molecular weight excluding hydrogens is 429 g/mol. The molecule has 29 heavy (non-hydrogen) atoms. The van der Waals surface area contributed by atoms with E-state index in [1.165, 1.54) is 12.3 Å². The molecule has 0 bridgehead atoms. The van der Waals surface area contributed by atoms with Crippen molar-refractivity contribution in [3.05, 3.63) is 40.1 Å². The number of alkyl halides is 3. The zero-order valence-electron chi connectivity index (χ0n) is 15.1. The lowest BCUT2D eigenvalue weighted by atomic mass is 10.2. The van der Waals surface area contributed by atoms with Gasteiger partial charge in [-0.05, 0) is 31.5 Å². The Balaban J connectivity index is 1.34. The van der Waals surface area contributed by atoms with Gasteiger partial charge in [0.1, 0.15) is 11.3 Å². The van der Waals surface area contributed by atoms with Crippen molar-refractivity contribution < 1.29 is 22.7 Å². The van der Waals surface area contributed by atoms with E-state index in [1.807, 2.05) is 0 Å². The Bertz CT molecular complexity index is 1050. The lowest BCUT2D eigenvalue weighted by Gasteiger charge is -2.12. The van der Waals surface area contributed by atoms with E-state index in [0.717, 1.165) is 16.2 Å². The van der Waals surface area contributed by atoms with Crippen LogP contribution in [0.15, 0.2) is 24.4 Å². The zero-order chi connectivity index (χ0) is 20.8. The predicted octanol–water partition coefficient (Wildman–Crippen LogP) is 4.59. The van der Waals surface area contributed by atoms with Crippen molar-refractivity contribution in [1.29, 1.82) is 0 Å². The number of hydrogen-bond acceptors (Lipinski definition) is 5. The smallest absolute Gasteiger partial charge is 0.422 e. The minimum Gasteiger partial charge on any atom is -0.475 e. The summed E-state index contributed by atoms with van der Waals surface area (Å²) in [4.78, 5) is 25.0. The molecule has 0 spiro atoms. The molecule has 0 aliphatic heterocycles. The van der Waals surface area contributed by atoms with Crippen molar-refractivity contribution in [1.82, 2.24) is 20.3 Å². The third-order valence-electron chi connectivity index (χ3n) is 4.57. The number of aromatic amines is 1. The molecule has 2 N–H and O–H groups in total. The molecule has 6 nitrogen and oxygen atoms in total. The number of carbonyl (C=O) groups is 1. The average Bonchev–Trinajstić information content (AvgIpc) is 3.11. The number of pyridine rings is 1. The Morgan fingerprint density at radius 2 is 2.28 bits per heavy atom. The third-order valence-corrected chi connectivity index (χ3v) is 5.95. The fourth-order valence-electron chi connectivity index (χ4n) is 3.04. The van der Waals surface area contributed by atoms with Crippen molar-refractivity contribution in [2.45, 2.75) is 31.5 Å². The van der Waals surface area contributed by atoms with Crippen LogP contribution in [-0.4, -0.2) is 33.6 Å². The molecule has 3 heterocycles. The summed E-state index contributed by atoms with van der Waals surface area (Å²) in [7, 11) is 0. The summed E-state index contributed by atoms with van der Waals surface area (Å²) in [6, 6.07) is 4.49. The van der Waals surface area contributed by atoms with Crippen LogP contribution in [0.25, 0.3) is 11.2 Å². The Hall–Kier alpha value is -2.33. The standard InChI is InChI=1S/C18H16ClF3N4O2S/c1-8(13-2-3-14(29-13)28-7-18(20,21)22)24-17(27)11-5-10(11)15-25-12-4-9(19)6-23-16(12)26-15/h2-4,6,8,10-11H,5,7H2,1H3,(H,24,27)(H,23,25,26)/t8-,10+,11+/m1/s1. The molecule has 1 amide bonds. The first-order valence-electron chi connectivity index (χ1n) is 8.80. The van der Waals surface area contributed by atoms with Crippen molar-refractivity contribution in [2.24, 2.45) is 5.92 Å². The van der Waals surface area contributed by atoms with E-state index in [9.17, 15) is 18.0 Å². The highest BCUT2D eigenvalue weighted by molar-refractivity contribution is 7.13. The molecule has 0 radical (unpaired) electrons. The number of carbonyl (C=O) groups excluding carboxylic acids is 1. The molecule has 0 saturated heterocycles. The second-order valence-electron chi connectivity index (χ2n) is 6.88. The molecule has 1 aliphatic carbocycles. The van der Waals surface area contributed by atoms with E-state index >= 15 is 0 Å². The first-order valence-corrected chi connectivity index (χ1v) is 10.00. The SMILES string of the molecule is C[C@@H](NC(=O)[C@H]1C[C@@H]1c1nc2cc(Cl)cnc2[nH]1)c1ccc(OCC(F)(F)F)s1. The highest BCUT2D eigenvalue weighted by atomic mass is 35.5. The highest BCUT2D eigenvalue weighted by Crippen LogP contribution is 2.47. The Morgan fingerprint density at radius 1 is 1.48 bits per heavy atom. The second-order valence-corrected chi connectivity index (χ2v) is 8.40. The number of nitrogens with one attached hydrogen (secondary N) is 2. The maximum atomic E-state index is 12.5. The summed E-state index contributed by atoms with van der Waals surface area (Å²) in [6.07, 6.45) is -2.20. The van der Waals surface area contributed by atoms with E-state index in [2.05, 4.69) is 20.3 Å². The number of thiophene rings is 1. The van der Waals surface area contributed by atoms with Crippen LogP contribution in [0.1, 0.15) is 36.0 Å². The maximum absolute atomic E-state index is 12.5. The zero-order valence-corrected chi connectivity index (χ0v) is 16.7. The number of nitrogens with zero attached hydrogens (tertiary/aromatic N) is 2. The third kappa shape index (κ3) is 4.64. The van der Waals surface area contributed by atoms with E-state index < -0.39 is 12.8 Å². The number of amides is 1. The number of aromatic nitrogens is 3. The van der Waals surface area contributed by atoms with Gasteiger partial charge in [0.05, 0.1) is 11.1 Å². The van der Waals surface area contributed by atoms with Crippen molar-refractivity contribution in [3.8, 4) is 5.06 Å². The number of halogens is 4. The number of hydrogen-bond donors (Lipinski definition) is 2. The first kappa shape index (κ1) is 20.0. The summed E-state index contributed by atoms with van der Waals surface area (Å²) >= 11 is 7.00. The van der Waals surface area contributed by atoms with Gasteiger partial charge < -0.3 is 15.0 Å². The monoisotopic (exact) mass is 444 g/mol. The highest BCUT2D eigenvalue weighted by Gasteiger charge is 2.46. The minimum atomic E-state index is -4.39. The summed E-state index contributed by atoms with van der Waals surface area (Å²) in [5.74, 6) is 0.334. The minimum absolute atomic E-state index is 0.0239. The predicted molar refractivity (Wildman–Crippen MR) is 102 cm³/mol. The second kappa shape index (κ2) is 7.49. The van der Waals surface area contributed by atoms with E-state index in [4.69, 9.17) is 16.3 Å². The molecule has 3 atom stereocenters. The molecule has 1 aliphatic rings. The van der Waals surface area contributed by atoms with Crippen LogP contribution in [0.4, 0.5) is 13.2 Å². The maximum Gasteiger partial charge on any atom is 0.422 e. The van der Waals surface area contributed by atoms with Crippen LogP contribution in [-0.2, 0) is 4.79 Å². The van der Waals surface area contributed by atoms with Crippen LogP contribution in [0.2, 0.25) is 5.02 Å². The molecule has 154 valence electrons. The fourth-order valence-corrected chi connectivity index (χ4v) is 4.05. The van der Waals surface area contributed by atoms with Crippen LogP contribution >= 0.6 is 22.9 Å². The molecule has 11 heteroatoms. The Morgan fingerprint density at radius 3 is 3.03 bits per heavy atom. The quantitative estimate of drug-likeness (QED) is 0.582. The van der Waals surface area contributed by atoms with Crippen LogP contribution in [0.3, 0.4) is 0 Å². The van der Waals surface area contributed by atoms with Crippen LogP contribution in [0, 0.1) is 5.92 Å². The summed E-state index contributed by atoms with van der Waals surface area (Å²) in [5.41, 5.74) is 1.27. The molecule has 0 aromatic carbocycles. The van der Waals surface area contributed by atoms with Gasteiger partial charge in [0.25, 0.3) is 0 Å². The molecule has 3 aromatic heterocycles. The number of rotatable bonds is 6. The Labute approximate surface area is 172 Å². The van der Waals surface area contributed by atoms with E-state index in [0.29, 0.717) is 28.4 Å². The number of H-pyrrole nitrogens is 1. The number of imidazole rings is 1. The van der Waals surface area contributed by atoms with Gasteiger partial charge in [-0.3, -0.25) is 4.79 Å². The number of fused-ring (bicyclic) bond motifs is 1. The van der Waals surface area contributed by atoms with Gasteiger partial charge in [-0.1, -0.05) is 11.6 Å². The van der Waals surface area contributed by atoms with Crippen LogP contribution < -0.4 is 10.1 Å². The molecular formula is C18H16ClF3N4O2S. The van der Waals surface area contributed by atoms with Gasteiger partial charge in [0.15, 0.2) is 17.3 Å². The van der Waals surface area contributed by atoms with Crippen molar-refractivity contribution >= 4 is 40.0 Å². The average molecular weight is 445 g/mol. The van der Waals surface area contributed by atoms with Gasteiger partial charge in [-0.15, -0.1) is 11.3 Å². The fraction of sp³-hybridized carbons (Fsp3) is 0.389. The lowest BCUT2D eigenvalue weighted by Crippen LogP contribution is -2.28. The van der Waals surface area contributed by atoms with Gasteiger partial charge in [-0.2, -0.15) is 13.2 Å². The summed E-state index contributed by atoms with van der Waals surface area (Å²) in [6.45, 7) is 0.441. The number of ether oxygens (including phenoxy) is 1. The molecule has 4 rings (SSSR count). The van der Waals surface area contributed by atoms with Gasteiger partial charge in [-0.25, -0.2) is 9.97 Å². The first-order chi connectivity index (χ1) is 13.7. The summed E-state index contributed by atoms with van der Waals surface area (Å²) in [5, 5.41) is 3.55. The van der Waals surface area contributed by atoms with Gasteiger partial charge >= 0.3 is 6.18 Å². The largest absolute Gasteiger partial charge is 0.475 e. The molecule has 0 unspecified atom stereocenters. The van der Waals surface area contributed by atoms with Gasteiger partial charge in [0, 0.05) is 22.9 Å². The van der Waals surface area contributed by atoms with Crippen LogP contribution in [0.5, 0.6) is 5.06 Å². The molecule has 1 saturated carbocycles. The van der Waals surface area contributed by atoms with E-state index in [-0.39, 0.29) is 28.8 Å². The van der Waals surface area contributed by atoms with Crippen molar-refractivity contribution in [3.63, 3.8) is 0 Å². The molecule has 3 aromatic rings. The van der Waals surface area contributed by atoms with Gasteiger partial charge in [0.2, 0.25) is 5.91 Å². The Kier molecular flexibility index (Phi) is 5.16.